The molecule has 0 amide bonds. The van der Waals surface area contributed by atoms with E-state index in [1.54, 1.807) is 6.07 Å². The Morgan fingerprint density at radius 1 is 1.48 bits per heavy atom. The summed E-state index contributed by atoms with van der Waals surface area (Å²) in [7, 11) is 0. The van der Waals surface area contributed by atoms with E-state index in [1.807, 2.05) is 0 Å². The highest BCUT2D eigenvalue weighted by molar-refractivity contribution is 7.99. The highest BCUT2D eigenvalue weighted by Gasteiger charge is 2.18. The molecule has 0 unspecified atom stereocenters. The number of nitrogens with one attached hydrogen (secondary N) is 1. The van der Waals surface area contributed by atoms with E-state index in [0.717, 1.165) is 6.07 Å². The molecule has 0 bridgehead atoms. The van der Waals surface area contributed by atoms with E-state index >= 15 is 0 Å². The van der Waals surface area contributed by atoms with Gasteiger partial charge in [0.05, 0.1) is 5.56 Å². The molecule has 8 nitrogen and oxygen atoms in total. The number of halogens is 1. The Balaban J connectivity index is 2.18. The van der Waals surface area contributed by atoms with Crippen LogP contribution in [0.3, 0.4) is 0 Å². The van der Waals surface area contributed by atoms with Crippen molar-refractivity contribution in [3.8, 4) is 6.07 Å². The van der Waals surface area contributed by atoms with E-state index in [-0.39, 0.29) is 23.7 Å². The van der Waals surface area contributed by atoms with Crippen LogP contribution in [0, 0.1) is 17.1 Å². The predicted octanol–water partition coefficient (Wildman–Crippen LogP) is 1.80. The number of anilines is 1. The molecule has 0 spiro atoms. The van der Waals surface area contributed by atoms with Gasteiger partial charge in [-0.25, -0.2) is 9.02 Å². The van der Waals surface area contributed by atoms with Crippen molar-refractivity contribution in [1.82, 2.24) is 10.3 Å². The van der Waals surface area contributed by atoms with Crippen LogP contribution in [0.5, 0.6) is 0 Å². The Bertz CT molecular complexity index is 743. The molecule has 23 heavy (non-hydrogen) atoms. The average molecular weight is 337 g/mol. The summed E-state index contributed by atoms with van der Waals surface area (Å²) in [5.41, 5.74) is 0.353. The van der Waals surface area contributed by atoms with E-state index in [0.29, 0.717) is 22.9 Å². The molecule has 3 N–H and O–H groups in total. The predicted molar refractivity (Wildman–Crippen MR) is 79.8 cm³/mol. The molecule has 0 aliphatic carbocycles. The van der Waals surface area contributed by atoms with Crippen molar-refractivity contribution in [3.05, 3.63) is 35.3 Å². The van der Waals surface area contributed by atoms with Crippen LogP contribution >= 0.6 is 11.8 Å². The van der Waals surface area contributed by atoms with Gasteiger partial charge in [0.15, 0.2) is 10.7 Å². The molecule has 0 atom stereocenters. The Labute approximate surface area is 134 Å². The van der Waals surface area contributed by atoms with Gasteiger partial charge < -0.3 is 15.6 Å². The van der Waals surface area contributed by atoms with Crippen molar-refractivity contribution < 1.29 is 19.3 Å². The zero-order valence-corrected chi connectivity index (χ0v) is 12.5. The number of hydrogen-bond acceptors (Lipinski definition) is 8. The van der Waals surface area contributed by atoms with E-state index in [4.69, 9.17) is 15.6 Å². The number of aromatic nitrogens is 2. The van der Waals surface area contributed by atoms with Gasteiger partial charge in [-0.3, -0.25) is 0 Å². The van der Waals surface area contributed by atoms with Crippen LogP contribution < -0.4 is 5.32 Å². The number of aliphatic hydroxyl groups is 1. The minimum Gasteiger partial charge on any atom is -0.409 e. The van der Waals surface area contributed by atoms with Crippen LogP contribution in [0.1, 0.15) is 17.7 Å². The van der Waals surface area contributed by atoms with E-state index in [1.165, 1.54) is 23.9 Å². The molecular formula is C13H12FN5O3S. The van der Waals surface area contributed by atoms with Gasteiger partial charge in [0.25, 0.3) is 0 Å². The van der Waals surface area contributed by atoms with Gasteiger partial charge in [-0.05, 0) is 34.9 Å². The topological polar surface area (TPSA) is 128 Å². The molecule has 1 aromatic carbocycles. The second-order valence-corrected chi connectivity index (χ2v) is 5.31. The molecule has 2 rings (SSSR count). The number of aliphatic hydroxyl groups excluding tert-OH is 1. The minimum absolute atomic E-state index is 0.0410. The Hall–Kier alpha value is -2.64. The maximum absolute atomic E-state index is 13.3. The van der Waals surface area contributed by atoms with Gasteiger partial charge in [-0.1, -0.05) is 5.16 Å². The molecule has 0 radical (unpaired) electrons. The van der Waals surface area contributed by atoms with Gasteiger partial charge in [-0.15, -0.1) is 11.8 Å². The van der Waals surface area contributed by atoms with Crippen molar-refractivity contribution in [3.63, 3.8) is 0 Å². The molecule has 0 aliphatic rings. The first kappa shape index (κ1) is 16.7. The number of hydrogen-bond donors (Lipinski definition) is 3. The fourth-order valence-corrected chi connectivity index (χ4v) is 2.43. The SMILES string of the molecule is N#Cc1cc(N/C(=N\O)c2nonc2SCCCO)ccc1F. The molecule has 0 fully saturated rings. The van der Waals surface area contributed by atoms with E-state index in [9.17, 15) is 4.39 Å². The summed E-state index contributed by atoms with van der Waals surface area (Å²) in [6, 6.07) is 5.49. The molecule has 0 saturated carbocycles. The second kappa shape index (κ2) is 8.11. The normalized spacial score (nSPS) is 11.3. The first-order chi connectivity index (χ1) is 11.2. The van der Waals surface area contributed by atoms with Crippen LogP contribution in [0.2, 0.25) is 0 Å². The Morgan fingerprint density at radius 2 is 2.30 bits per heavy atom. The van der Waals surface area contributed by atoms with Crippen LogP contribution in [0.4, 0.5) is 10.1 Å². The number of amidine groups is 1. The molecular weight excluding hydrogens is 325 g/mol. The summed E-state index contributed by atoms with van der Waals surface area (Å²) in [5, 5.41) is 40.3. The third-order valence-electron chi connectivity index (χ3n) is 2.67. The fourth-order valence-electron chi connectivity index (χ4n) is 1.61. The van der Waals surface area contributed by atoms with Crippen LogP contribution in [-0.2, 0) is 0 Å². The van der Waals surface area contributed by atoms with Crippen molar-refractivity contribution in [2.75, 3.05) is 17.7 Å². The molecule has 0 saturated heterocycles. The lowest BCUT2D eigenvalue weighted by Gasteiger charge is -2.07. The number of rotatable bonds is 6. The lowest BCUT2D eigenvalue weighted by Crippen LogP contribution is -2.15. The van der Waals surface area contributed by atoms with Gasteiger partial charge in [0.1, 0.15) is 11.9 Å². The van der Waals surface area contributed by atoms with E-state index in [2.05, 4.69) is 25.4 Å². The summed E-state index contributed by atoms with van der Waals surface area (Å²) in [6.45, 7) is 0.0410. The lowest BCUT2D eigenvalue weighted by molar-refractivity contribution is 0.295. The average Bonchev–Trinajstić information content (AvgIpc) is 3.02. The van der Waals surface area contributed by atoms with Crippen molar-refractivity contribution in [2.24, 2.45) is 5.16 Å². The quantitative estimate of drug-likeness (QED) is 0.182. The summed E-state index contributed by atoms with van der Waals surface area (Å²) < 4.78 is 17.9. The first-order valence-corrected chi connectivity index (χ1v) is 7.43. The zero-order valence-electron chi connectivity index (χ0n) is 11.7. The fraction of sp³-hybridized carbons (Fsp3) is 0.231. The highest BCUT2D eigenvalue weighted by atomic mass is 32.2. The molecule has 120 valence electrons. The van der Waals surface area contributed by atoms with Gasteiger partial charge in [-0.2, -0.15) is 5.26 Å². The smallest absolute Gasteiger partial charge is 0.202 e. The van der Waals surface area contributed by atoms with Crippen molar-refractivity contribution in [1.29, 1.82) is 5.26 Å². The second-order valence-electron chi connectivity index (χ2n) is 4.22. The summed E-state index contributed by atoms with van der Waals surface area (Å²) in [5.74, 6) is -0.136. The third kappa shape index (κ3) is 4.18. The van der Waals surface area contributed by atoms with Crippen molar-refractivity contribution >= 4 is 23.3 Å². The Morgan fingerprint density at radius 3 is 3.00 bits per heavy atom. The number of nitrogens with zero attached hydrogens (tertiary/aromatic N) is 4. The maximum atomic E-state index is 13.3. The number of benzene rings is 1. The molecule has 1 aromatic heterocycles. The minimum atomic E-state index is -0.649. The monoisotopic (exact) mass is 337 g/mol. The summed E-state index contributed by atoms with van der Waals surface area (Å²) >= 11 is 1.27. The van der Waals surface area contributed by atoms with Crippen LogP contribution in [0.15, 0.2) is 33.0 Å². The third-order valence-corrected chi connectivity index (χ3v) is 3.71. The lowest BCUT2D eigenvalue weighted by atomic mass is 10.2. The number of thioether (sulfide) groups is 1. The summed E-state index contributed by atoms with van der Waals surface area (Å²) in [4.78, 5) is 0. The highest BCUT2D eigenvalue weighted by Crippen LogP contribution is 2.22. The van der Waals surface area contributed by atoms with Gasteiger partial charge >= 0.3 is 0 Å². The van der Waals surface area contributed by atoms with Crippen LogP contribution in [0.25, 0.3) is 0 Å². The molecule has 0 aliphatic heterocycles. The van der Waals surface area contributed by atoms with Crippen molar-refractivity contribution in [2.45, 2.75) is 11.4 Å². The van der Waals surface area contributed by atoms with E-state index < -0.39 is 5.82 Å². The molecule has 1 heterocycles. The first-order valence-electron chi connectivity index (χ1n) is 6.45. The largest absolute Gasteiger partial charge is 0.409 e. The van der Waals surface area contributed by atoms with Gasteiger partial charge in [0, 0.05) is 18.0 Å². The standard InChI is InChI=1S/C13H12FN5O3S/c14-10-3-2-9(6-8(10)7-15)16-12(17-21)11-13(19-22-18-11)23-5-1-4-20/h2-3,6,20-21H,1,4-5H2,(H,16,17). The Kier molecular flexibility index (Phi) is 5.90. The molecule has 2 aromatic rings. The molecule has 10 heteroatoms. The maximum Gasteiger partial charge on any atom is 0.202 e. The zero-order chi connectivity index (χ0) is 16.7. The van der Waals surface area contributed by atoms with Gasteiger partial charge in [0.2, 0.25) is 5.84 Å². The van der Waals surface area contributed by atoms with Crippen LogP contribution in [-0.4, -0.2) is 38.8 Å². The number of nitriles is 1. The summed E-state index contributed by atoms with van der Waals surface area (Å²) in [6.07, 6.45) is 0.555. The number of oxime groups is 1.